The minimum Gasteiger partial charge on any atom is -0.472 e. The van der Waals surface area contributed by atoms with E-state index < -0.39 is 0 Å². The molecule has 3 heterocycles. The van der Waals surface area contributed by atoms with Crippen molar-refractivity contribution in [3.05, 3.63) is 66.2 Å². The molecule has 4 rings (SSSR count). The maximum atomic E-state index is 12.8. The van der Waals surface area contributed by atoms with Crippen LogP contribution in [-0.2, 0) is 11.2 Å². The molecule has 1 aliphatic rings. The Morgan fingerprint density at radius 2 is 1.97 bits per heavy atom. The van der Waals surface area contributed by atoms with Gasteiger partial charge in [0.25, 0.3) is 5.91 Å². The zero-order valence-corrected chi connectivity index (χ0v) is 17.8. The summed E-state index contributed by atoms with van der Waals surface area (Å²) in [6, 6.07) is 13.8. The molecule has 1 saturated heterocycles. The number of aromatic amines is 1. The normalized spacial score (nSPS) is 14.5. The molecule has 7 nitrogen and oxygen atoms in total. The van der Waals surface area contributed by atoms with Crippen molar-refractivity contribution in [1.29, 1.82) is 0 Å². The number of amides is 2. The van der Waals surface area contributed by atoms with Crippen LogP contribution in [0.15, 0.2) is 59.4 Å². The van der Waals surface area contributed by atoms with E-state index in [9.17, 15) is 9.59 Å². The third-order valence-electron chi connectivity index (χ3n) is 5.92. The number of likely N-dealkylation sites (tertiary alicyclic amines) is 1. The molecule has 0 spiro atoms. The first-order chi connectivity index (χ1) is 15.1. The summed E-state index contributed by atoms with van der Waals surface area (Å²) in [6.07, 6.45) is 6.09. The Morgan fingerprint density at radius 3 is 2.68 bits per heavy atom. The highest BCUT2D eigenvalue weighted by Gasteiger charge is 2.29. The van der Waals surface area contributed by atoms with E-state index in [1.807, 2.05) is 42.3 Å². The first-order valence-electron chi connectivity index (χ1n) is 10.8. The predicted octanol–water partition coefficient (Wildman–Crippen LogP) is 3.61. The van der Waals surface area contributed by atoms with E-state index in [0.29, 0.717) is 38.0 Å². The first kappa shape index (κ1) is 20.9. The van der Waals surface area contributed by atoms with Gasteiger partial charge < -0.3 is 14.2 Å². The highest BCUT2D eigenvalue weighted by molar-refractivity contribution is 5.94. The fourth-order valence-corrected chi connectivity index (χ4v) is 4.07. The molecule has 0 radical (unpaired) electrons. The van der Waals surface area contributed by atoms with Gasteiger partial charge in [-0.3, -0.25) is 14.7 Å². The third kappa shape index (κ3) is 5.05. The molecule has 162 valence electrons. The number of carbonyl (C=O) groups is 2. The van der Waals surface area contributed by atoms with Gasteiger partial charge >= 0.3 is 0 Å². The Bertz CT molecular complexity index is 989. The molecule has 2 aromatic heterocycles. The zero-order valence-electron chi connectivity index (χ0n) is 17.8. The number of aromatic nitrogens is 2. The topological polar surface area (TPSA) is 82.4 Å². The first-order valence-corrected chi connectivity index (χ1v) is 10.8. The fraction of sp³-hybridized carbons (Fsp3) is 0.375. The number of hydrogen-bond donors (Lipinski definition) is 1. The Balaban J connectivity index is 1.21. The van der Waals surface area contributed by atoms with E-state index >= 15 is 0 Å². The molecule has 0 atom stereocenters. The van der Waals surface area contributed by atoms with Crippen LogP contribution in [0.25, 0.3) is 11.3 Å². The van der Waals surface area contributed by atoms with Crippen LogP contribution < -0.4 is 0 Å². The van der Waals surface area contributed by atoms with Crippen LogP contribution in [0.5, 0.6) is 0 Å². The Labute approximate surface area is 182 Å². The molecule has 0 bridgehead atoms. The minimum atomic E-state index is -0.0255. The van der Waals surface area contributed by atoms with Crippen molar-refractivity contribution in [2.24, 2.45) is 5.92 Å². The summed E-state index contributed by atoms with van der Waals surface area (Å²) in [5.41, 5.74) is 3.67. The lowest BCUT2D eigenvalue weighted by atomic mass is 9.95. The third-order valence-corrected chi connectivity index (χ3v) is 5.92. The Kier molecular flexibility index (Phi) is 6.50. The second kappa shape index (κ2) is 9.64. The molecule has 2 amide bonds. The number of benzene rings is 1. The zero-order chi connectivity index (χ0) is 21.6. The molecule has 7 heteroatoms. The van der Waals surface area contributed by atoms with E-state index in [1.54, 1.807) is 11.0 Å². The Morgan fingerprint density at radius 1 is 1.19 bits per heavy atom. The number of hydrogen-bond acceptors (Lipinski definition) is 4. The minimum absolute atomic E-state index is 0.0183. The van der Waals surface area contributed by atoms with Gasteiger partial charge in [-0.1, -0.05) is 30.3 Å². The van der Waals surface area contributed by atoms with Gasteiger partial charge in [0.05, 0.1) is 17.5 Å². The number of nitrogens with zero attached hydrogens (tertiary/aromatic N) is 3. The van der Waals surface area contributed by atoms with Crippen molar-refractivity contribution < 1.29 is 14.0 Å². The molecule has 31 heavy (non-hydrogen) atoms. The SMILES string of the molecule is CN(CCCc1cc(-c2ccccc2)n[nH]1)C(=O)C1CCN(C(=O)c2ccoc2)CC1. The van der Waals surface area contributed by atoms with Crippen molar-refractivity contribution in [2.75, 3.05) is 26.7 Å². The van der Waals surface area contributed by atoms with Gasteiger partial charge in [-0.15, -0.1) is 0 Å². The van der Waals surface area contributed by atoms with Crippen molar-refractivity contribution in [3.8, 4) is 11.3 Å². The van der Waals surface area contributed by atoms with Gasteiger partial charge in [0.15, 0.2) is 0 Å². The molecule has 3 aromatic rings. The van der Waals surface area contributed by atoms with Gasteiger partial charge in [0.2, 0.25) is 5.91 Å². The Hall–Kier alpha value is -3.35. The van der Waals surface area contributed by atoms with Gasteiger partial charge in [-0.2, -0.15) is 5.10 Å². The van der Waals surface area contributed by atoms with Crippen LogP contribution >= 0.6 is 0 Å². The van der Waals surface area contributed by atoms with Gasteiger partial charge in [0, 0.05) is 43.9 Å². The lowest BCUT2D eigenvalue weighted by Crippen LogP contribution is -2.43. The van der Waals surface area contributed by atoms with E-state index in [2.05, 4.69) is 16.3 Å². The quantitative estimate of drug-likeness (QED) is 0.633. The van der Waals surface area contributed by atoms with Crippen LogP contribution in [0.1, 0.15) is 35.3 Å². The molecule has 0 unspecified atom stereocenters. The van der Waals surface area contributed by atoms with E-state index in [1.165, 1.54) is 12.5 Å². The van der Waals surface area contributed by atoms with Crippen LogP contribution in [0, 0.1) is 5.92 Å². The van der Waals surface area contributed by atoms with Crippen LogP contribution in [0.4, 0.5) is 0 Å². The smallest absolute Gasteiger partial charge is 0.257 e. The molecule has 0 saturated carbocycles. The van der Waals surface area contributed by atoms with E-state index in [4.69, 9.17) is 4.42 Å². The summed E-state index contributed by atoms with van der Waals surface area (Å²) in [5.74, 6) is 0.127. The predicted molar refractivity (Wildman–Crippen MR) is 117 cm³/mol. The molecular formula is C24H28N4O3. The van der Waals surface area contributed by atoms with Gasteiger partial charge in [0.1, 0.15) is 6.26 Å². The highest BCUT2D eigenvalue weighted by Crippen LogP contribution is 2.22. The van der Waals surface area contributed by atoms with Crippen LogP contribution in [0.2, 0.25) is 0 Å². The summed E-state index contributed by atoms with van der Waals surface area (Å²) in [4.78, 5) is 28.9. The highest BCUT2D eigenvalue weighted by atomic mass is 16.3. The van der Waals surface area contributed by atoms with Gasteiger partial charge in [-0.25, -0.2) is 0 Å². The van der Waals surface area contributed by atoms with Crippen LogP contribution in [-0.4, -0.2) is 58.5 Å². The summed E-state index contributed by atoms with van der Waals surface area (Å²) in [5, 5.41) is 7.49. The average molecular weight is 421 g/mol. The second-order valence-electron chi connectivity index (χ2n) is 8.09. The lowest BCUT2D eigenvalue weighted by Gasteiger charge is -2.33. The standard InChI is InChI=1S/C24H28N4O3/c1-27(12-5-8-21-16-22(26-25-21)18-6-3-2-4-7-18)23(29)19-9-13-28(14-10-19)24(30)20-11-15-31-17-20/h2-4,6-7,11,15-17,19H,5,8-10,12-14H2,1H3,(H,25,26). The van der Waals surface area contributed by atoms with Crippen LogP contribution in [0.3, 0.4) is 0 Å². The van der Waals surface area contributed by atoms with E-state index in [-0.39, 0.29) is 17.7 Å². The summed E-state index contributed by atoms with van der Waals surface area (Å²) in [6.45, 7) is 1.90. The van der Waals surface area contributed by atoms with Crippen molar-refractivity contribution >= 4 is 11.8 Å². The monoisotopic (exact) mass is 420 g/mol. The van der Waals surface area contributed by atoms with Crippen molar-refractivity contribution in [1.82, 2.24) is 20.0 Å². The number of H-pyrrole nitrogens is 1. The molecule has 0 aliphatic carbocycles. The summed E-state index contributed by atoms with van der Waals surface area (Å²) in [7, 11) is 1.87. The van der Waals surface area contributed by atoms with Crippen molar-refractivity contribution in [3.63, 3.8) is 0 Å². The number of rotatable bonds is 7. The molecule has 1 aromatic carbocycles. The van der Waals surface area contributed by atoms with E-state index in [0.717, 1.165) is 29.8 Å². The maximum absolute atomic E-state index is 12.8. The fourth-order valence-electron chi connectivity index (χ4n) is 4.07. The molecule has 1 aliphatic heterocycles. The van der Waals surface area contributed by atoms with Gasteiger partial charge in [-0.05, 0) is 37.8 Å². The number of furan rings is 1. The number of piperidine rings is 1. The molecule has 1 N–H and O–H groups in total. The average Bonchev–Trinajstić information content (AvgIpc) is 3.51. The molecular weight excluding hydrogens is 392 g/mol. The second-order valence-corrected chi connectivity index (χ2v) is 8.09. The summed E-state index contributed by atoms with van der Waals surface area (Å²) >= 11 is 0. The number of nitrogens with one attached hydrogen (secondary N) is 1. The summed E-state index contributed by atoms with van der Waals surface area (Å²) < 4.78 is 5.00. The number of carbonyl (C=O) groups excluding carboxylic acids is 2. The maximum Gasteiger partial charge on any atom is 0.257 e. The molecule has 1 fully saturated rings. The lowest BCUT2D eigenvalue weighted by molar-refractivity contribution is -0.135. The largest absolute Gasteiger partial charge is 0.472 e. The van der Waals surface area contributed by atoms with Crippen molar-refractivity contribution in [2.45, 2.75) is 25.7 Å². The number of aryl methyl sites for hydroxylation is 1.